The molecule has 2 atom stereocenters. The highest BCUT2D eigenvalue weighted by molar-refractivity contribution is 7.92. The molecule has 0 N–H and O–H groups in total. The van der Waals surface area contributed by atoms with E-state index in [9.17, 15) is 8.42 Å². The molecule has 20 heavy (non-hydrogen) atoms. The van der Waals surface area contributed by atoms with Gasteiger partial charge in [0.2, 0.25) is 0 Å². The smallest absolute Gasteiger partial charge is 0.185 e. The Bertz CT molecular complexity index is 712. The summed E-state index contributed by atoms with van der Waals surface area (Å²) in [5.41, 5.74) is 0.887. The van der Waals surface area contributed by atoms with E-state index in [0.717, 1.165) is 5.56 Å². The van der Waals surface area contributed by atoms with Crippen LogP contribution in [0.4, 0.5) is 0 Å². The van der Waals surface area contributed by atoms with Gasteiger partial charge in [0.05, 0.1) is 11.4 Å². The molecule has 0 aliphatic carbocycles. The van der Waals surface area contributed by atoms with Gasteiger partial charge in [-0.1, -0.05) is 48.5 Å². The molecule has 1 aliphatic heterocycles. The predicted octanol–water partition coefficient (Wildman–Crippen LogP) is 3.04. The summed E-state index contributed by atoms with van der Waals surface area (Å²) in [5, 5.41) is 7.47. The molecule has 1 heterocycles. The van der Waals surface area contributed by atoms with E-state index in [1.807, 2.05) is 30.3 Å². The van der Waals surface area contributed by atoms with Crippen molar-refractivity contribution in [1.82, 2.24) is 0 Å². The van der Waals surface area contributed by atoms with Crippen LogP contribution in [0, 0.1) is 0 Å². The molecule has 5 heteroatoms. The lowest BCUT2D eigenvalue weighted by atomic mass is 10.1. The van der Waals surface area contributed by atoms with Gasteiger partial charge in [-0.05, 0) is 17.7 Å². The maximum Gasteiger partial charge on any atom is 0.185 e. The SMILES string of the molecule is O=S(=O)(c1ccccc1)C1CN=NC1c1ccccc1. The van der Waals surface area contributed by atoms with Crippen molar-refractivity contribution in [3.63, 3.8) is 0 Å². The lowest BCUT2D eigenvalue weighted by Gasteiger charge is -2.17. The summed E-state index contributed by atoms with van der Waals surface area (Å²) in [4.78, 5) is 0.332. The molecule has 0 radical (unpaired) electrons. The first-order valence-corrected chi connectivity index (χ1v) is 7.95. The van der Waals surface area contributed by atoms with Crippen molar-refractivity contribution >= 4 is 9.84 Å². The van der Waals surface area contributed by atoms with Crippen LogP contribution in [0.1, 0.15) is 11.6 Å². The predicted molar refractivity (Wildman–Crippen MR) is 76.3 cm³/mol. The molecule has 0 fully saturated rings. The Hall–Kier alpha value is -2.01. The summed E-state index contributed by atoms with van der Waals surface area (Å²) in [6.45, 7) is 0.219. The van der Waals surface area contributed by atoms with Crippen molar-refractivity contribution in [2.75, 3.05) is 6.54 Å². The highest BCUT2D eigenvalue weighted by Gasteiger charge is 2.38. The van der Waals surface area contributed by atoms with E-state index in [2.05, 4.69) is 10.2 Å². The number of hydrogen-bond acceptors (Lipinski definition) is 4. The van der Waals surface area contributed by atoms with Crippen LogP contribution in [0.5, 0.6) is 0 Å². The molecule has 2 unspecified atom stereocenters. The van der Waals surface area contributed by atoms with Crippen molar-refractivity contribution in [1.29, 1.82) is 0 Å². The third kappa shape index (κ3) is 2.25. The molecule has 0 spiro atoms. The van der Waals surface area contributed by atoms with Gasteiger partial charge in [-0.25, -0.2) is 8.42 Å². The average molecular weight is 286 g/mol. The number of rotatable bonds is 3. The van der Waals surface area contributed by atoms with Crippen molar-refractivity contribution in [3.8, 4) is 0 Å². The van der Waals surface area contributed by atoms with Crippen LogP contribution in [0.2, 0.25) is 0 Å². The zero-order valence-electron chi connectivity index (χ0n) is 10.8. The standard InChI is InChI=1S/C15H14N2O2S/c18-20(19,13-9-5-2-6-10-13)14-11-16-17-15(14)12-7-3-1-4-8-12/h1-10,14-15H,11H2. The average Bonchev–Trinajstić information content (AvgIpc) is 2.99. The monoisotopic (exact) mass is 286 g/mol. The Labute approximate surface area is 118 Å². The second-order valence-electron chi connectivity index (χ2n) is 4.69. The third-order valence-electron chi connectivity index (χ3n) is 3.43. The fraction of sp³-hybridized carbons (Fsp3) is 0.200. The van der Waals surface area contributed by atoms with Crippen LogP contribution >= 0.6 is 0 Å². The molecular formula is C15H14N2O2S. The number of nitrogens with zero attached hydrogens (tertiary/aromatic N) is 2. The number of azo groups is 1. The van der Waals surface area contributed by atoms with Crippen LogP contribution in [0.15, 0.2) is 75.8 Å². The van der Waals surface area contributed by atoms with Gasteiger partial charge in [-0.3, -0.25) is 0 Å². The summed E-state index contributed by atoms with van der Waals surface area (Å²) in [6.07, 6.45) is 0. The molecule has 2 aromatic rings. The number of sulfone groups is 1. The van der Waals surface area contributed by atoms with E-state index < -0.39 is 21.1 Å². The van der Waals surface area contributed by atoms with Crippen LogP contribution in [0.25, 0.3) is 0 Å². The maximum atomic E-state index is 12.7. The van der Waals surface area contributed by atoms with Crippen LogP contribution < -0.4 is 0 Å². The third-order valence-corrected chi connectivity index (χ3v) is 5.56. The van der Waals surface area contributed by atoms with E-state index in [4.69, 9.17) is 0 Å². The van der Waals surface area contributed by atoms with Crippen molar-refractivity contribution in [3.05, 3.63) is 66.2 Å². The largest absolute Gasteiger partial charge is 0.223 e. The first-order valence-electron chi connectivity index (χ1n) is 6.40. The Morgan fingerprint density at radius 2 is 1.50 bits per heavy atom. The van der Waals surface area contributed by atoms with Crippen molar-refractivity contribution in [2.24, 2.45) is 10.2 Å². The van der Waals surface area contributed by atoms with Crippen LogP contribution in [0.3, 0.4) is 0 Å². The van der Waals surface area contributed by atoms with Gasteiger partial charge in [0.15, 0.2) is 9.84 Å². The second kappa shape index (κ2) is 5.17. The van der Waals surface area contributed by atoms with Gasteiger partial charge in [0.25, 0.3) is 0 Å². The van der Waals surface area contributed by atoms with E-state index in [0.29, 0.717) is 4.90 Å². The molecule has 2 aromatic carbocycles. The van der Waals surface area contributed by atoms with Gasteiger partial charge >= 0.3 is 0 Å². The number of hydrogen-bond donors (Lipinski definition) is 0. The minimum absolute atomic E-state index is 0.219. The van der Waals surface area contributed by atoms with E-state index in [1.165, 1.54) is 0 Å². The summed E-state index contributed by atoms with van der Waals surface area (Å²) < 4.78 is 25.4. The first kappa shape index (κ1) is 13.0. The summed E-state index contributed by atoms with van der Waals surface area (Å²) in [6, 6.07) is 17.5. The van der Waals surface area contributed by atoms with Crippen LogP contribution in [-0.4, -0.2) is 20.2 Å². The lowest BCUT2D eigenvalue weighted by Crippen LogP contribution is -2.27. The van der Waals surface area contributed by atoms with Gasteiger partial charge in [0, 0.05) is 0 Å². The molecule has 3 rings (SSSR count). The lowest BCUT2D eigenvalue weighted by molar-refractivity contribution is 0.571. The van der Waals surface area contributed by atoms with E-state index >= 15 is 0 Å². The summed E-state index contributed by atoms with van der Waals surface area (Å²) in [7, 11) is -3.42. The zero-order chi connectivity index (χ0) is 14.0. The minimum atomic E-state index is -3.42. The quantitative estimate of drug-likeness (QED) is 0.870. The normalized spacial score (nSPS) is 22.0. The molecule has 0 bridgehead atoms. The molecule has 4 nitrogen and oxygen atoms in total. The first-order chi connectivity index (χ1) is 9.69. The van der Waals surface area contributed by atoms with Gasteiger partial charge in [-0.15, -0.1) is 0 Å². The Balaban J connectivity index is 1.98. The molecule has 0 amide bonds. The fourth-order valence-corrected chi connectivity index (χ4v) is 4.07. The zero-order valence-corrected chi connectivity index (χ0v) is 11.6. The molecular weight excluding hydrogens is 272 g/mol. The minimum Gasteiger partial charge on any atom is -0.223 e. The fourth-order valence-electron chi connectivity index (χ4n) is 2.37. The summed E-state index contributed by atoms with van der Waals surface area (Å²) >= 11 is 0. The maximum absolute atomic E-state index is 12.7. The van der Waals surface area contributed by atoms with Gasteiger partial charge < -0.3 is 0 Å². The number of benzene rings is 2. The Morgan fingerprint density at radius 1 is 0.900 bits per heavy atom. The van der Waals surface area contributed by atoms with E-state index in [1.54, 1.807) is 30.3 Å². The molecule has 102 valence electrons. The van der Waals surface area contributed by atoms with Gasteiger partial charge in [0.1, 0.15) is 11.3 Å². The van der Waals surface area contributed by atoms with Crippen LogP contribution in [-0.2, 0) is 9.84 Å². The molecule has 0 saturated heterocycles. The Morgan fingerprint density at radius 3 is 2.15 bits per heavy atom. The topological polar surface area (TPSA) is 58.9 Å². The van der Waals surface area contributed by atoms with Crippen molar-refractivity contribution in [2.45, 2.75) is 16.2 Å². The Kier molecular flexibility index (Phi) is 3.36. The second-order valence-corrected chi connectivity index (χ2v) is 6.86. The van der Waals surface area contributed by atoms with Crippen molar-refractivity contribution < 1.29 is 8.42 Å². The van der Waals surface area contributed by atoms with Gasteiger partial charge in [-0.2, -0.15) is 10.2 Å². The van der Waals surface area contributed by atoms with E-state index in [-0.39, 0.29) is 6.54 Å². The summed E-state index contributed by atoms with van der Waals surface area (Å²) in [5.74, 6) is 0. The highest BCUT2D eigenvalue weighted by Crippen LogP contribution is 2.34. The molecule has 0 aromatic heterocycles. The molecule has 0 saturated carbocycles. The molecule has 1 aliphatic rings. The highest BCUT2D eigenvalue weighted by atomic mass is 32.2.